The van der Waals surface area contributed by atoms with Crippen LogP contribution in [0, 0.1) is 11.3 Å². The Morgan fingerprint density at radius 2 is 1.93 bits per heavy atom. The molecule has 6 nitrogen and oxygen atoms in total. The van der Waals surface area contributed by atoms with Crippen LogP contribution in [-0.2, 0) is 11.3 Å². The van der Waals surface area contributed by atoms with E-state index in [1.54, 1.807) is 37.5 Å². The van der Waals surface area contributed by atoms with Crippen LogP contribution < -0.4 is 9.64 Å². The monoisotopic (exact) mass is 419 g/mol. The van der Waals surface area contributed by atoms with E-state index in [0.717, 1.165) is 36.1 Å². The molecule has 0 spiro atoms. The van der Waals surface area contributed by atoms with E-state index < -0.39 is 0 Å². The average Bonchev–Trinajstić information content (AvgIpc) is 3.39. The molecule has 2 fully saturated rings. The van der Waals surface area contributed by atoms with Gasteiger partial charge in [0.05, 0.1) is 30.2 Å². The summed E-state index contributed by atoms with van der Waals surface area (Å²) < 4.78 is 5.54. The smallest absolute Gasteiger partial charge is 0.293 e. The number of imide groups is 1. The van der Waals surface area contributed by atoms with Gasteiger partial charge in [-0.15, -0.1) is 0 Å². The third kappa shape index (κ3) is 3.91. The highest BCUT2D eigenvalue weighted by atomic mass is 32.2. The third-order valence-electron chi connectivity index (χ3n) is 5.31. The van der Waals surface area contributed by atoms with E-state index in [2.05, 4.69) is 11.0 Å². The second kappa shape index (κ2) is 8.64. The highest BCUT2D eigenvalue weighted by molar-refractivity contribution is 8.18. The van der Waals surface area contributed by atoms with Gasteiger partial charge in [0.2, 0.25) is 0 Å². The van der Waals surface area contributed by atoms with Crippen LogP contribution in [0.15, 0.2) is 47.4 Å². The zero-order chi connectivity index (χ0) is 21.1. The van der Waals surface area contributed by atoms with E-state index >= 15 is 0 Å². The molecule has 7 heteroatoms. The molecule has 0 saturated carbocycles. The number of methoxy groups -OCH3 is 1. The topological polar surface area (TPSA) is 73.6 Å². The lowest BCUT2D eigenvalue weighted by Gasteiger charge is -2.19. The van der Waals surface area contributed by atoms with Crippen molar-refractivity contribution < 1.29 is 14.3 Å². The van der Waals surface area contributed by atoms with Crippen molar-refractivity contribution in [3.63, 3.8) is 0 Å². The Hall–Kier alpha value is -3.24. The standard InChI is InChI=1S/C23H21N3O3S/c1-29-20-13-19(25-10-4-5-11-25)9-8-16(20)12-21-22(27)26(23(28)30-21)15-18-7-3-2-6-17(18)14-24/h2-3,6-9,12-13H,4-5,10-11,15H2,1H3/b21-12+. The lowest BCUT2D eigenvalue weighted by Crippen LogP contribution is -2.27. The van der Waals surface area contributed by atoms with Crippen molar-refractivity contribution in [1.82, 2.24) is 4.90 Å². The Morgan fingerprint density at radius 3 is 2.67 bits per heavy atom. The van der Waals surface area contributed by atoms with Crippen LogP contribution in [0.25, 0.3) is 6.08 Å². The number of hydrogen-bond acceptors (Lipinski definition) is 6. The Balaban J connectivity index is 1.58. The number of amides is 2. The molecule has 2 aliphatic heterocycles. The maximum Gasteiger partial charge on any atom is 0.293 e. The number of nitrogens with zero attached hydrogens (tertiary/aromatic N) is 3. The minimum absolute atomic E-state index is 0.0801. The first-order valence-electron chi connectivity index (χ1n) is 9.77. The molecule has 2 aromatic carbocycles. The molecule has 0 unspecified atom stereocenters. The predicted octanol–water partition coefficient (Wildman–Crippen LogP) is 4.40. The molecular formula is C23H21N3O3S. The fraction of sp³-hybridized carbons (Fsp3) is 0.261. The number of rotatable bonds is 5. The predicted molar refractivity (Wildman–Crippen MR) is 117 cm³/mol. The molecular weight excluding hydrogens is 398 g/mol. The number of hydrogen-bond donors (Lipinski definition) is 0. The molecule has 2 aromatic rings. The second-order valence-corrected chi connectivity index (χ2v) is 8.15. The first-order chi connectivity index (χ1) is 14.6. The quantitative estimate of drug-likeness (QED) is 0.669. The van der Waals surface area contributed by atoms with Gasteiger partial charge in [-0.05, 0) is 54.4 Å². The zero-order valence-corrected chi connectivity index (χ0v) is 17.4. The number of thioether (sulfide) groups is 1. The lowest BCUT2D eigenvalue weighted by atomic mass is 10.1. The van der Waals surface area contributed by atoms with Crippen molar-refractivity contribution in [3.05, 3.63) is 64.1 Å². The molecule has 2 aliphatic rings. The van der Waals surface area contributed by atoms with Gasteiger partial charge in [0.1, 0.15) is 5.75 Å². The van der Waals surface area contributed by atoms with Crippen molar-refractivity contribution >= 4 is 34.7 Å². The number of carbonyl (C=O) groups excluding carboxylic acids is 2. The summed E-state index contributed by atoms with van der Waals surface area (Å²) in [5.41, 5.74) is 2.96. The first kappa shape index (κ1) is 20.0. The second-order valence-electron chi connectivity index (χ2n) is 7.16. The number of carbonyl (C=O) groups is 2. The molecule has 0 N–H and O–H groups in total. The molecule has 4 rings (SSSR count). The highest BCUT2D eigenvalue weighted by Crippen LogP contribution is 2.36. The SMILES string of the molecule is COc1cc(N2CCCC2)ccc1/C=C1/SC(=O)N(Cc2ccccc2C#N)C1=O. The Labute approximate surface area is 179 Å². The van der Waals surface area contributed by atoms with E-state index in [4.69, 9.17) is 4.74 Å². The molecule has 30 heavy (non-hydrogen) atoms. The summed E-state index contributed by atoms with van der Waals surface area (Å²) in [6, 6.07) is 15.0. The zero-order valence-electron chi connectivity index (χ0n) is 16.6. The molecule has 0 radical (unpaired) electrons. The first-order valence-corrected chi connectivity index (χ1v) is 10.6. The van der Waals surface area contributed by atoms with Gasteiger partial charge in [0.25, 0.3) is 11.1 Å². The van der Waals surface area contributed by atoms with E-state index in [-0.39, 0.29) is 17.7 Å². The molecule has 0 atom stereocenters. The molecule has 0 bridgehead atoms. The summed E-state index contributed by atoms with van der Waals surface area (Å²) in [7, 11) is 1.60. The maximum atomic E-state index is 12.9. The van der Waals surface area contributed by atoms with Gasteiger partial charge in [-0.3, -0.25) is 14.5 Å². The number of ether oxygens (including phenoxy) is 1. The normalized spacial score (nSPS) is 17.7. The highest BCUT2D eigenvalue weighted by Gasteiger charge is 2.35. The van der Waals surface area contributed by atoms with Crippen LogP contribution in [0.4, 0.5) is 10.5 Å². The summed E-state index contributed by atoms with van der Waals surface area (Å²) in [5.74, 6) is 0.310. The third-order valence-corrected chi connectivity index (χ3v) is 6.22. The summed E-state index contributed by atoms with van der Waals surface area (Å²) in [4.78, 5) is 29.2. The number of anilines is 1. The van der Waals surface area contributed by atoms with Gasteiger partial charge in [-0.2, -0.15) is 5.26 Å². The molecule has 152 valence electrons. The van der Waals surface area contributed by atoms with E-state index in [1.165, 1.54) is 17.7 Å². The minimum atomic E-state index is -0.358. The van der Waals surface area contributed by atoms with Gasteiger partial charge in [-0.1, -0.05) is 18.2 Å². The summed E-state index contributed by atoms with van der Waals surface area (Å²) >= 11 is 0.908. The molecule has 2 heterocycles. The fourth-order valence-electron chi connectivity index (χ4n) is 3.71. The Bertz CT molecular complexity index is 1070. The van der Waals surface area contributed by atoms with E-state index in [1.807, 2.05) is 18.2 Å². The van der Waals surface area contributed by atoms with E-state index in [9.17, 15) is 14.9 Å². The van der Waals surface area contributed by atoms with Gasteiger partial charge in [-0.25, -0.2) is 0 Å². The maximum absolute atomic E-state index is 12.9. The van der Waals surface area contributed by atoms with Crippen LogP contribution in [0.1, 0.15) is 29.5 Å². The van der Waals surface area contributed by atoms with Crippen LogP contribution in [0.3, 0.4) is 0 Å². The van der Waals surface area contributed by atoms with Gasteiger partial charge >= 0.3 is 0 Å². The summed E-state index contributed by atoms with van der Waals surface area (Å²) in [5, 5.41) is 8.92. The van der Waals surface area contributed by atoms with Crippen molar-refractivity contribution in [2.75, 3.05) is 25.1 Å². The van der Waals surface area contributed by atoms with Crippen LogP contribution >= 0.6 is 11.8 Å². The minimum Gasteiger partial charge on any atom is -0.496 e. The molecule has 2 amide bonds. The summed E-state index contributed by atoms with van der Waals surface area (Å²) in [6.07, 6.45) is 4.08. The molecule has 2 saturated heterocycles. The molecule has 0 aliphatic carbocycles. The van der Waals surface area contributed by atoms with Crippen LogP contribution in [0.2, 0.25) is 0 Å². The van der Waals surface area contributed by atoms with Crippen molar-refractivity contribution in [3.8, 4) is 11.8 Å². The fourth-order valence-corrected chi connectivity index (χ4v) is 4.54. The number of benzene rings is 2. The van der Waals surface area contributed by atoms with Gasteiger partial charge in [0, 0.05) is 30.4 Å². The molecule has 0 aromatic heterocycles. The Morgan fingerprint density at radius 1 is 1.17 bits per heavy atom. The van der Waals surface area contributed by atoms with Crippen molar-refractivity contribution in [2.24, 2.45) is 0 Å². The van der Waals surface area contributed by atoms with Crippen LogP contribution in [-0.4, -0.2) is 36.2 Å². The van der Waals surface area contributed by atoms with E-state index in [0.29, 0.717) is 21.8 Å². The lowest BCUT2D eigenvalue weighted by molar-refractivity contribution is -0.123. The average molecular weight is 420 g/mol. The van der Waals surface area contributed by atoms with Gasteiger partial charge < -0.3 is 9.64 Å². The van der Waals surface area contributed by atoms with Crippen molar-refractivity contribution in [1.29, 1.82) is 5.26 Å². The van der Waals surface area contributed by atoms with Crippen LogP contribution in [0.5, 0.6) is 5.75 Å². The Kier molecular flexibility index (Phi) is 5.77. The van der Waals surface area contributed by atoms with Gasteiger partial charge in [0.15, 0.2) is 0 Å². The summed E-state index contributed by atoms with van der Waals surface area (Å²) in [6.45, 7) is 2.15. The number of nitriles is 1. The van der Waals surface area contributed by atoms with Crippen molar-refractivity contribution in [2.45, 2.75) is 19.4 Å². The largest absolute Gasteiger partial charge is 0.496 e.